The van der Waals surface area contributed by atoms with Crippen LogP contribution in [0.1, 0.15) is 25.3 Å². The molecule has 2 rings (SSSR count). The summed E-state index contributed by atoms with van der Waals surface area (Å²) in [5.74, 6) is -1.23. The van der Waals surface area contributed by atoms with Crippen LogP contribution < -0.4 is 5.32 Å². The Balaban J connectivity index is 0.00000242. The Morgan fingerprint density at radius 1 is 1.36 bits per heavy atom. The Morgan fingerprint density at radius 3 is 2.68 bits per heavy atom. The molecule has 0 aliphatic carbocycles. The number of amides is 1. The number of rotatable bonds is 4. The van der Waals surface area contributed by atoms with E-state index in [4.69, 9.17) is 5.11 Å². The largest absolute Gasteiger partial charge is 0.481 e. The number of carboxylic acids is 1. The Morgan fingerprint density at radius 2 is 2.05 bits per heavy atom. The Labute approximate surface area is 137 Å². The summed E-state index contributed by atoms with van der Waals surface area (Å²) in [7, 11) is 0. The minimum atomic E-state index is -0.772. The summed E-state index contributed by atoms with van der Waals surface area (Å²) in [4.78, 5) is 25.4. The van der Waals surface area contributed by atoms with Crippen LogP contribution in [0, 0.1) is 12.8 Å². The molecule has 1 aliphatic rings. The molecular formula is C16H23ClN2O3. The van der Waals surface area contributed by atoms with Crippen LogP contribution >= 0.6 is 12.4 Å². The number of carboxylic acid groups (broad SMARTS) is 1. The molecule has 0 aromatic heterocycles. The van der Waals surface area contributed by atoms with Crippen LogP contribution in [0.3, 0.4) is 0 Å². The third kappa shape index (κ3) is 4.45. The van der Waals surface area contributed by atoms with E-state index < -0.39 is 5.97 Å². The van der Waals surface area contributed by atoms with Gasteiger partial charge in [-0.3, -0.25) is 14.5 Å². The zero-order valence-corrected chi connectivity index (χ0v) is 13.7. The number of nitrogens with one attached hydrogen (secondary N) is 1. The highest BCUT2D eigenvalue weighted by Gasteiger charge is 2.30. The minimum absolute atomic E-state index is 0. The molecule has 122 valence electrons. The summed E-state index contributed by atoms with van der Waals surface area (Å²) in [5.41, 5.74) is 1.82. The maximum absolute atomic E-state index is 12.3. The lowest BCUT2D eigenvalue weighted by atomic mass is 9.97. The maximum atomic E-state index is 12.3. The van der Waals surface area contributed by atoms with Gasteiger partial charge in [0.25, 0.3) is 0 Å². The highest BCUT2D eigenvalue weighted by atomic mass is 35.5. The van der Waals surface area contributed by atoms with Crippen molar-refractivity contribution in [1.29, 1.82) is 0 Å². The van der Waals surface area contributed by atoms with E-state index in [1.165, 1.54) is 0 Å². The lowest BCUT2D eigenvalue weighted by molar-refractivity contribution is -0.144. The van der Waals surface area contributed by atoms with Gasteiger partial charge in [-0.15, -0.1) is 12.4 Å². The van der Waals surface area contributed by atoms with Crippen molar-refractivity contribution in [3.05, 3.63) is 29.8 Å². The monoisotopic (exact) mass is 326 g/mol. The van der Waals surface area contributed by atoms with Gasteiger partial charge in [-0.05, 0) is 44.9 Å². The number of hydrogen-bond donors (Lipinski definition) is 2. The van der Waals surface area contributed by atoms with Gasteiger partial charge in [0.2, 0.25) is 5.91 Å². The van der Waals surface area contributed by atoms with Crippen molar-refractivity contribution in [1.82, 2.24) is 4.90 Å². The number of anilines is 1. The van der Waals surface area contributed by atoms with Crippen LogP contribution in [0.2, 0.25) is 0 Å². The summed E-state index contributed by atoms with van der Waals surface area (Å²) in [6.07, 6.45) is 1.51. The molecule has 22 heavy (non-hydrogen) atoms. The first-order chi connectivity index (χ1) is 9.99. The molecule has 0 spiro atoms. The molecule has 1 aliphatic heterocycles. The first kappa shape index (κ1) is 18.5. The molecule has 6 heteroatoms. The number of nitrogens with zero attached hydrogens (tertiary/aromatic N) is 1. The van der Waals surface area contributed by atoms with Gasteiger partial charge in [0, 0.05) is 12.2 Å². The fourth-order valence-corrected chi connectivity index (χ4v) is 2.68. The number of para-hydroxylation sites is 1. The van der Waals surface area contributed by atoms with Crippen LogP contribution in [-0.4, -0.2) is 41.0 Å². The highest BCUT2D eigenvalue weighted by molar-refractivity contribution is 5.95. The van der Waals surface area contributed by atoms with Crippen LogP contribution in [0.5, 0.6) is 0 Å². The molecular weight excluding hydrogens is 304 g/mol. The van der Waals surface area contributed by atoms with Gasteiger partial charge in [-0.2, -0.15) is 0 Å². The summed E-state index contributed by atoms with van der Waals surface area (Å²) >= 11 is 0. The standard InChI is InChI=1S/C16H22N2O3.ClH/c1-11-6-3-4-8-14(11)17-15(19)12(2)18-9-5-7-13(10-18)16(20)21;/h3-4,6,8,12-13H,5,7,9-10H2,1-2H3,(H,17,19)(H,20,21);1H. The molecule has 1 aromatic carbocycles. The third-order valence-electron chi connectivity index (χ3n) is 4.13. The second-order valence-corrected chi connectivity index (χ2v) is 5.65. The van der Waals surface area contributed by atoms with E-state index in [-0.39, 0.29) is 30.3 Å². The number of carbonyl (C=O) groups excluding carboxylic acids is 1. The van der Waals surface area contributed by atoms with E-state index in [0.717, 1.165) is 24.2 Å². The van der Waals surface area contributed by atoms with E-state index >= 15 is 0 Å². The summed E-state index contributed by atoms with van der Waals surface area (Å²) in [5, 5.41) is 12.0. The van der Waals surface area contributed by atoms with Gasteiger partial charge < -0.3 is 10.4 Å². The molecule has 2 unspecified atom stereocenters. The number of carbonyl (C=O) groups is 2. The fraction of sp³-hybridized carbons (Fsp3) is 0.500. The molecule has 1 fully saturated rings. The van der Waals surface area contributed by atoms with Crippen molar-refractivity contribution in [3.63, 3.8) is 0 Å². The highest BCUT2D eigenvalue weighted by Crippen LogP contribution is 2.20. The normalized spacial score (nSPS) is 19.8. The van der Waals surface area contributed by atoms with E-state index in [1.54, 1.807) is 0 Å². The number of aliphatic carboxylic acids is 1. The van der Waals surface area contributed by atoms with E-state index in [2.05, 4.69) is 5.32 Å². The molecule has 1 aromatic rings. The summed E-state index contributed by atoms with van der Waals surface area (Å²) in [6.45, 7) is 4.99. The molecule has 0 radical (unpaired) electrons. The van der Waals surface area contributed by atoms with Crippen molar-refractivity contribution in [2.24, 2.45) is 5.92 Å². The minimum Gasteiger partial charge on any atom is -0.481 e. The molecule has 1 heterocycles. The summed E-state index contributed by atoms with van der Waals surface area (Å²) in [6, 6.07) is 7.30. The number of piperidine rings is 1. The molecule has 5 nitrogen and oxygen atoms in total. The topological polar surface area (TPSA) is 69.6 Å². The van der Waals surface area contributed by atoms with Gasteiger partial charge in [0.05, 0.1) is 12.0 Å². The van der Waals surface area contributed by atoms with E-state index in [9.17, 15) is 9.59 Å². The van der Waals surface area contributed by atoms with E-state index in [0.29, 0.717) is 13.0 Å². The lowest BCUT2D eigenvalue weighted by Gasteiger charge is -2.34. The first-order valence-corrected chi connectivity index (χ1v) is 7.32. The van der Waals surface area contributed by atoms with Crippen molar-refractivity contribution in [2.45, 2.75) is 32.7 Å². The van der Waals surface area contributed by atoms with Crippen LogP contribution in [-0.2, 0) is 9.59 Å². The Hall–Kier alpha value is -1.59. The van der Waals surface area contributed by atoms with E-state index in [1.807, 2.05) is 43.0 Å². The number of halogens is 1. The average Bonchev–Trinajstić information content (AvgIpc) is 2.49. The SMILES string of the molecule is Cc1ccccc1NC(=O)C(C)N1CCCC(C(=O)O)C1.Cl. The number of likely N-dealkylation sites (tertiary alicyclic amines) is 1. The van der Waals surface area contributed by atoms with Crippen molar-refractivity contribution < 1.29 is 14.7 Å². The number of hydrogen-bond acceptors (Lipinski definition) is 3. The zero-order chi connectivity index (χ0) is 15.4. The van der Waals surface area contributed by atoms with Gasteiger partial charge in [-0.1, -0.05) is 18.2 Å². The quantitative estimate of drug-likeness (QED) is 0.892. The average molecular weight is 327 g/mol. The Kier molecular flexibility index (Phi) is 6.84. The maximum Gasteiger partial charge on any atom is 0.307 e. The predicted octanol–water partition coefficient (Wildman–Crippen LogP) is 2.54. The molecule has 2 atom stereocenters. The number of aryl methyl sites for hydroxylation is 1. The Bertz CT molecular complexity index is 536. The predicted molar refractivity (Wildman–Crippen MR) is 88.5 cm³/mol. The van der Waals surface area contributed by atoms with Gasteiger partial charge >= 0.3 is 5.97 Å². The van der Waals surface area contributed by atoms with Gasteiger partial charge in [-0.25, -0.2) is 0 Å². The van der Waals surface area contributed by atoms with Crippen molar-refractivity contribution >= 4 is 30.0 Å². The van der Waals surface area contributed by atoms with Gasteiger partial charge in [0.15, 0.2) is 0 Å². The van der Waals surface area contributed by atoms with Crippen LogP contribution in [0.4, 0.5) is 5.69 Å². The van der Waals surface area contributed by atoms with Crippen LogP contribution in [0.15, 0.2) is 24.3 Å². The lowest BCUT2D eigenvalue weighted by Crippen LogP contribution is -2.48. The molecule has 0 saturated carbocycles. The van der Waals surface area contributed by atoms with Crippen LogP contribution in [0.25, 0.3) is 0 Å². The number of benzene rings is 1. The molecule has 1 amide bonds. The van der Waals surface area contributed by atoms with Crippen molar-refractivity contribution in [2.75, 3.05) is 18.4 Å². The van der Waals surface area contributed by atoms with Crippen molar-refractivity contribution in [3.8, 4) is 0 Å². The third-order valence-corrected chi connectivity index (χ3v) is 4.13. The summed E-state index contributed by atoms with van der Waals surface area (Å²) < 4.78 is 0. The molecule has 1 saturated heterocycles. The first-order valence-electron chi connectivity index (χ1n) is 7.32. The second-order valence-electron chi connectivity index (χ2n) is 5.65. The smallest absolute Gasteiger partial charge is 0.307 e. The second kappa shape index (κ2) is 8.15. The molecule has 0 bridgehead atoms. The fourth-order valence-electron chi connectivity index (χ4n) is 2.68. The van der Waals surface area contributed by atoms with Gasteiger partial charge in [0.1, 0.15) is 0 Å². The zero-order valence-electron chi connectivity index (χ0n) is 12.9. The molecule has 2 N–H and O–H groups in total.